The van der Waals surface area contributed by atoms with Crippen molar-refractivity contribution in [3.8, 4) is 17.6 Å². The number of nitrogens with one attached hydrogen (secondary N) is 1. The van der Waals surface area contributed by atoms with Crippen LogP contribution >= 0.6 is 15.9 Å². The molecule has 0 fully saturated rings. The summed E-state index contributed by atoms with van der Waals surface area (Å²) in [5.74, 6) is 0.569. The molecule has 2 aromatic carbocycles. The van der Waals surface area contributed by atoms with Crippen LogP contribution in [0.1, 0.15) is 11.1 Å². The van der Waals surface area contributed by atoms with Crippen molar-refractivity contribution in [2.24, 2.45) is 0 Å². The zero-order valence-corrected chi connectivity index (χ0v) is 12.4. The Morgan fingerprint density at radius 2 is 2.10 bits per heavy atom. The molecule has 102 valence electrons. The first-order chi connectivity index (χ1) is 9.63. The van der Waals surface area contributed by atoms with Crippen LogP contribution in [0, 0.1) is 11.3 Å². The lowest BCUT2D eigenvalue weighted by Gasteiger charge is -2.10. The van der Waals surface area contributed by atoms with Gasteiger partial charge in [-0.2, -0.15) is 5.26 Å². The Morgan fingerprint density at radius 3 is 2.70 bits per heavy atom. The fourth-order valence-corrected chi connectivity index (χ4v) is 2.29. The highest BCUT2D eigenvalue weighted by Gasteiger charge is 2.04. The molecular weight excluding hydrogens is 320 g/mol. The summed E-state index contributed by atoms with van der Waals surface area (Å²) in [6, 6.07) is 12.7. The van der Waals surface area contributed by atoms with Gasteiger partial charge in [-0.25, -0.2) is 0 Å². The predicted octanol–water partition coefficient (Wildman–Crippen LogP) is 3.65. The van der Waals surface area contributed by atoms with Crippen molar-refractivity contribution in [2.75, 3.05) is 12.4 Å². The van der Waals surface area contributed by atoms with Gasteiger partial charge in [0.25, 0.3) is 0 Å². The zero-order chi connectivity index (χ0) is 14.5. The van der Waals surface area contributed by atoms with Gasteiger partial charge in [0, 0.05) is 16.7 Å². The van der Waals surface area contributed by atoms with E-state index in [1.807, 2.05) is 12.1 Å². The van der Waals surface area contributed by atoms with Crippen molar-refractivity contribution in [1.82, 2.24) is 0 Å². The average Bonchev–Trinajstić information content (AvgIpc) is 2.46. The van der Waals surface area contributed by atoms with Crippen LogP contribution in [-0.2, 0) is 6.54 Å². The standard InChI is InChI=1S/C15H13BrN2O2/c1-20-15-5-3-11(7-14(15)19)9-18-13-4-2-10(8-17)6-12(13)16/h2-7,18-19H,9H2,1H3. The molecule has 4 nitrogen and oxygen atoms in total. The van der Waals surface area contributed by atoms with Crippen LogP contribution in [0.2, 0.25) is 0 Å². The van der Waals surface area contributed by atoms with Gasteiger partial charge in [-0.3, -0.25) is 0 Å². The summed E-state index contributed by atoms with van der Waals surface area (Å²) < 4.78 is 5.83. The summed E-state index contributed by atoms with van der Waals surface area (Å²) in [5.41, 5.74) is 2.42. The Balaban J connectivity index is 2.09. The van der Waals surface area contributed by atoms with E-state index in [0.717, 1.165) is 15.7 Å². The fraction of sp³-hybridized carbons (Fsp3) is 0.133. The minimum absolute atomic E-state index is 0.116. The Bertz CT molecular complexity index is 665. The summed E-state index contributed by atoms with van der Waals surface area (Å²) in [6.07, 6.45) is 0. The van der Waals surface area contributed by atoms with Gasteiger partial charge in [-0.05, 0) is 51.8 Å². The number of rotatable bonds is 4. The maximum absolute atomic E-state index is 9.71. The van der Waals surface area contributed by atoms with Crippen molar-refractivity contribution < 1.29 is 9.84 Å². The van der Waals surface area contributed by atoms with Crippen molar-refractivity contribution in [2.45, 2.75) is 6.54 Å². The van der Waals surface area contributed by atoms with E-state index < -0.39 is 0 Å². The second-order valence-electron chi connectivity index (χ2n) is 4.17. The van der Waals surface area contributed by atoms with E-state index in [9.17, 15) is 5.11 Å². The minimum Gasteiger partial charge on any atom is -0.504 e. The first-order valence-corrected chi connectivity index (χ1v) is 6.72. The fourth-order valence-electron chi connectivity index (χ4n) is 1.77. The number of hydrogen-bond donors (Lipinski definition) is 2. The molecule has 0 unspecified atom stereocenters. The smallest absolute Gasteiger partial charge is 0.160 e. The van der Waals surface area contributed by atoms with Crippen molar-refractivity contribution in [1.29, 1.82) is 5.26 Å². The molecule has 0 bridgehead atoms. The first-order valence-electron chi connectivity index (χ1n) is 5.93. The SMILES string of the molecule is COc1ccc(CNc2ccc(C#N)cc2Br)cc1O. The number of nitriles is 1. The summed E-state index contributed by atoms with van der Waals surface area (Å²) in [4.78, 5) is 0. The summed E-state index contributed by atoms with van der Waals surface area (Å²) in [6.45, 7) is 0.558. The molecule has 0 saturated carbocycles. The van der Waals surface area contributed by atoms with Gasteiger partial charge in [0.2, 0.25) is 0 Å². The Kier molecular flexibility index (Phi) is 4.49. The van der Waals surface area contributed by atoms with Gasteiger partial charge in [-0.1, -0.05) is 6.07 Å². The summed E-state index contributed by atoms with van der Waals surface area (Å²) in [7, 11) is 1.51. The van der Waals surface area contributed by atoms with Gasteiger partial charge < -0.3 is 15.2 Å². The molecule has 0 spiro atoms. The Morgan fingerprint density at radius 1 is 1.30 bits per heavy atom. The van der Waals surface area contributed by atoms with E-state index in [2.05, 4.69) is 27.3 Å². The maximum Gasteiger partial charge on any atom is 0.160 e. The zero-order valence-electron chi connectivity index (χ0n) is 10.9. The van der Waals surface area contributed by atoms with Crippen LogP contribution in [0.5, 0.6) is 11.5 Å². The average molecular weight is 333 g/mol. The lowest BCUT2D eigenvalue weighted by molar-refractivity contribution is 0.373. The van der Waals surface area contributed by atoms with Gasteiger partial charge in [0.05, 0.1) is 18.7 Å². The molecular formula is C15H13BrN2O2. The summed E-state index contributed by atoms with van der Waals surface area (Å²) >= 11 is 3.42. The number of methoxy groups -OCH3 is 1. The molecule has 0 heterocycles. The number of nitrogens with zero attached hydrogens (tertiary/aromatic N) is 1. The van der Waals surface area contributed by atoms with Crippen molar-refractivity contribution in [3.05, 3.63) is 52.0 Å². The molecule has 2 N–H and O–H groups in total. The third kappa shape index (κ3) is 3.22. The molecule has 0 saturated heterocycles. The van der Waals surface area contributed by atoms with Crippen LogP contribution in [0.25, 0.3) is 0 Å². The molecule has 0 amide bonds. The number of phenols is 1. The Labute approximate surface area is 125 Å². The monoisotopic (exact) mass is 332 g/mol. The van der Waals surface area contributed by atoms with Crippen LogP contribution in [0.4, 0.5) is 5.69 Å². The quantitative estimate of drug-likeness (QED) is 0.896. The van der Waals surface area contributed by atoms with E-state index in [1.165, 1.54) is 7.11 Å². The van der Waals surface area contributed by atoms with Gasteiger partial charge in [-0.15, -0.1) is 0 Å². The van der Waals surface area contributed by atoms with Crippen molar-refractivity contribution in [3.63, 3.8) is 0 Å². The van der Waals surface area contributed by atoms with E-state index >= 15 is 0 Å². The number of aromatic hydroxyl groups is 1. The molecule has 0 radical (unpaired) electrons. The van der Waals surface area contributed by atoms with Gasteiger partial charge in [0.1, 0.15) is 0 Å². The molecule has 5 heteroatoms. The topological polar surface area (TPSA) is 65.3 Å². The van der Waals surface area contributed by atoms with Gasteiger partial charge >= 0.3 is 0 Å². The number of ether oxygens (including phenoxy) is 1. The third-order valence-electron chi connectivity index (χ3n) is 2.82. The molecule has 0 aliphatic heterocycles. The lowest BCUT2D eigenvalue weighted by Crippen LogP contribution is -2.00. The maximum atomic E-state index is 9.71. The predicted molar refractivity (Wildman–Crippen MR) is 80.8 cm³/mol. The number of halogens is 1. The van der Waals surface area contributed by atoms with Crippen LogP contribution in [-0.4, -0.2) is 12.2 Å². The molecule has 0 aliphatic rings. The molecule has 0 atom stereocenters. The first kappa shape index (κ1) is 14.2. The van der Waals surface area contributed by atoms with E-state index in [0.29, 0.717) is 17.9 Å². The molecule has 0 aromatic heterocycles. The highest BCUT2D eigenvalue weighted by molar-refractivity contribution is 9.10. The van der Waals surface area contributed by atoms with Crippen LogP contribution in [0.3, 0.4) is 0 Å². The number of hydrogen-bond acceptors (Lipinski definition) is 4. The molecule has 2 rings (SSSR count). The number of anilines is 1. The number of phenolic OH excluding ortho intramolecular Hbond substituents is 1. The largest absolute Gasteiger partial charge is 0.504 e. The normalized spacial score (nSPS) is 9.85. The van der Waals surface area contributed by atoms with Crippen LogP contribution in [0.15, 0.2) is 40.9 Å². The second-order valence-corrected chi connectivity index (χ2v) is 5.02. The molecule has 2 aromatic rings. The van der Waals surface area contributed by atoms with Crippen LogP contribution < -0.4 is 10.1 Å². The highest BCUT2D eigenvalue weighted by Crippen LogP contribution is 2.28. The van der Waals surface area contributed by atoms with E-state index in [-0.39, 0.29) is 5.75 Å². The van der Waals surface area contributed by atoms with Crippen molar-refractivity contribution >= 4 is 21.6 Å². The number of benzene rings is 2. The van der Waals surface area contributed by atoms with Gasteiger partial charge in [0.15, 0.2) is 11.5 Å². The third-order valence-corrected chi connectivity index (χ3v) is 3.48. The second kappa shape index (κ2) is 6.31. The van der Waals surface area contributed by atoms with E-state index in [1.54, 1.807) is 24.3 Å². The molecule has 20 heavy (non-hydrogen) atoms. The van der Waals surface area contributed by atoms with E-state index in [4.69, 9.17) is 10.00 Å². The molecule has 0 aliphatic carbocycles. The minimum atomic E-state index is 0.116. The summed E-state index contributed by atoms with van der Waals surface area (Å²) in [5, 5.41) is 21.8. The Hall–Kier alpha value is -2.19. The lowest BCUT2D eigenvalue weighted by atomic mass is 10.2. The highest BCUT2D eigenvalue weighted by atomic mass is 79.9.